The van der Waals surface area contributed by atoms with Crippen LogP contribution in [0, 0.1) is 5.92 Å². The highest BCUT2D eigenvalue weighted by Gasteiger charge is 2.38. The summed E-state index contributed by atoms with van der Waals surface area (Å²) in [5.41, 5.74) is 6.46. The molecule has 1 aliphatic rings. The van der Waals surface area contributed by atoms with Crippen LogP contribution < -0.4 is 0 Å². The summed E-state index contributed by atoms with van der Waals surface area (Å²) in [5.74, 6) is 1.66. The number of allylic oxidation sites excluding steroid dienone is 2. The van der Waals surface area contributed by atoms with Crippen molar-refractivity contribution in [1.29, 1.82) is 0 Å². The molecular formula is C18H24. The summed E-state index contributed by atoms with van der Waals surface area (Å²) in [6.45, 7) is 14.6. The molecule has 1 aromatic rings. The third-order valence-electron chi connectivity index (χ3n) is 3.99. The molecule has 0 N–H and O–H groups in total. The van der Waals surface area contributed by atoms with Gasteiger partial charge in [-0.1, -0.05) is 62.3 Å². The summed E-state index contributed by atoms with van der Waals surface area (Å²) in [6.07, 6.45) is 4.01. The summed E-state index contributed by atoms with van der Waals surface area (Å²) in [4.78, 5) is 0. The molecule has 0 aromatic heterocycles. The van der Waals surface area contributed by atoms with E-state index in [4.69, 9.17) is 0 Å². The average molecular weight is 240 g/mol. The summed E-state index contributed by atoms with van der Waals surface area (Å²) < 4.78 is 0. The van der Waals surface area contributed by atoms with Gasteiger partial charge in [-0.25, -0.2) is 0 Å². The third-order valence-corrected chi connectivity index (χ3v) is 3.99. The average Bonchev–Trinajstić information content (AvgIpc) is 3.08. The standard InChI is InChI=1S/C18H24/c1-6-7-15-11-17(15)18-10-14(12(2)3)8-9-16(18)13(4)5/h8-10,15,17H,2,4,6-7,11H2,1,3,5H3. The van der Waals surface area contributed by atoms with E-state index in [1.165, 1.54) is 41.5 Å². The first-order chi connectivity index (χ1) is 8.54. The van der Waals surface area contributed by atoms with Crippen LogP contribution in [0.25, 0.3) is 11.1 Å². The van der Waals surface area contributed by atoms with Gasteiger partial charge >= 0.3 is 0 Å². The Balaban J connectivity index is 2.34. The van der Waals surface area contributed by atoms with E-state index in [9.17, 15) is 0 Å². The minimum atomic E-state index is 0.760. The van der Waals surface area contributed by atoms with E-state index >= 15 is 0 Å². The first kappa shape index (κ1) is 13.1. The van der Waals surface area contributed by atoms with Crippen molar-refractivity contribution in [2.75, 3.05) is 0 Å². The normalized spacial score (nSPS) is 21.7. The van der Waals surface area contributed by atoms with Crippen molar-refractivity contribution in [3.05, 3.63) is 48.0 Å². The molecule has 0 aliphatic heterocycles. The van der Waals surface area contributed by atoms with E-state index in [2.05, 4.69) is 52.1 Å². The number of hydrogen-bond donors (Lipinski definition) is 0. The predicted octanol–water partition coefficient (Wildman–Crippen LogP) is 5.66. The molecule has 1 saturated carbocycles. The molecule has 0 spiro atoms. The third kappa shape index (κ3) is 2.58. The van der Waals surface area contributed by atoms with Gasteiger partial charge in [0.05, 0.1) is 0 Å². The molecule has 0 nitrogen and oxygen atoms in total. The Morgan fingerprint density at radius 1 is 1.22 bits per heavy atom. The smallest absolute Gasteiger partial charge is 0.0124 e. The minimum absolute atomic E-state index is 0.760. The van der Waals surface area contributed by atoms with Crippen molar-refractivity contribution in [3.8, 4) is 0 Å². The Morgan fingerprint density at radius 2 is 1.94 bits per heavy atom. The molecule has 1 fully saturated rings. The van der Waals surface area contributed by atoms with Crippen LogP contribution in [-0.4, -0.2) is 0 Å². The van der Waals surface area contributed by atoms with Crippen LogP contribution in [-0.2, 0) is 0 Å². The minimum Gasteiger partial charge on any atom is -0.0955 e. The Morgan fingerprint density at radius 3 is 2.50 bits per heavy atom. The highest BCUT2D eigenvalue weighted by Crippen LogP contribution is 2.52. The van der Waals surface area contributed by atoms with Crippen LogP contribution in [0.4, 0.5) is 0 Å². The lowest BCUT2D eigenvalue weighted by molar-refractivity contribution is 0.686. The van der Waals surface area contributed by atoms with Gasteiger partial charge < -0.3 is 0 Å². The molecule has 0 amide bonds. The van der Waals surface area contributed by atoms with E-state index in [1.54, 1.807) is 0 Å². The fourth-order valence-electron chi connectivity index (χ4n) is 2.84. The summed E-state index contributed by atoms with van der Waals surface area (Å²) in [6, 6.07) is 6.74. The molecule has 1 aliphatic carbocycles. The van der Waals surface area contributed by atoms with Crippen LogP contribution in [0.3, 0.4) is 0 Å². The van der Waals surface area contributed by atoms with Gasteiger partial charge in [-0.3, -0.25) is 0 Å². The van der Waals surface area contributed by atoms with E-state index in [-0.39, 0.29) is 0 Å². The van der Waals surface area contributed by atoms with E-state index < -0.39 is 0 Å². The SMILES string of the molecule is C=C(C)c1ccc(C(=C)C)c(C2CC2CCC)c1. The summed E-state index contributed by atoms with van der Waals surface area (Å²) in [7, 11) is 0. The number of hydrogen-bond acceptors (Lipinski definition) is 0. The zero-order chi connectivity index (χ0) is 13.3. The van der Waals surface area contributed by atoms with Crippen LogP contribution in [0.5, 0.6) is 0 Å². The van der Waals surface area contributed by atoms with E-state index in [1.807, 2.05) is 0 Å². The highest BCUT2D eigenvalue weighted by molar-refractivity contribution is 5.70. The van der Waals surface area contributed by atoms with Crippen molar-refractivity contribution in [2.45, 2.75) is 46.0 Å². The van der Waals surface area contributed by atoms with E-state index in [0.29, 0.717) is 0 Å². The Labute approximate surface area is 111 Å². The fourth-order valence-corrected chi connectivity index (χ4v) is 2.84. The second-order valence-corrected chi connectivity index (χ2v) is 5.75. The molecule has 18 heavy (non-hydrogen) atoms. The van der Waals surface area contributed by atoms with Crippen molar-refractivity contribution in [3.63, 3.8) is 0 Å². The van der Waals surface area contributed by atoms with E-state index in [0.717, 1.165) is 17.4 Å². The molecule has 1 aromatic carbocycles. The van der Waals surface area contributed by atoms with Crippen LogP contribution in [0.15, 0.2) is 31.4 Å². The van der Waals surface area contributed by atoms with Gasteiger partial charge in [0.2, 0.25) is 0 Å². The summed E-state index contributed by atoms with van der Waals surface area (Å²) >= 11 is 0. The van der Waals surface area contributed by atoms with Gasteiger partial charge in [0.15, 0.2) is 0 Å². The van der Waals surface area contributed by atoms with Gasteiger partial charge in [-0.15, -0.1) is 0 Å². The monoisotopic (exact) mass is 240 g/mol. The highest BCUT2D eigenvalue weighted by atomic mass is 14.4. The fraction of sp³-hybridized carbons (Fsp3) is 0.444. The van der Waals surface area contributed by atoms with Gasteiger partial charge in [0, 0.05) is 0 Å². The quantitative estimate of drug-likeness (QED) is 0.623. The predicted molar refractivity (Wildman–Crippen MR) is 81.6 cm³/mol. The zero-order valence-corrected chi connectivity index (χ0v) is 11.9. The molecule has 2 rings (SSSR count). The van der Waals surface area contributed by atoms with Crippen molar-refractivity contribution in [2.24, 2.45) is 5.92 Å². The molecule has 0 heteroatoms. The maximum Gasteiger partial charge on any atom is -0.0124 e. The van der Waals surface area contributed by atoms with Crippen LogP contribution in [0.2, 0.25) is 0 Å². The summed E-state index contributed by atoms with van der Waals surface area (Å²) in [5, 5.41) is 0. The van der Waals surface area contributed by atoms with Crippen molar-refractivity contribution >= 4 is 11.1 Å². The molecule has 0 saturated heterocycles. The molecular weight excluding hydrogens is 216 g/mol. The first-order valence-electron chi connectivity index (χ1n) is 7.00. The molecule has 96 valence electrons. The first-order valence-corrected chi connectivity index (χ1v) is 7.00. The lowest BCUT2D eigenvalue weighted by Crippen LogP contribution is -1.93. The maximum absolute atomic E-state index is 4.12. The lowest BCUT2D eigenvalue weighted by atomic mass is 9.93. The second-order valence-electron chi connectivity index (χ2n) is 5.75. The zero-order valence-electron chi connectivity index (χ0n) is 11.9. The van der Waals surface area contributed by atoms with Crippen molar-refractivity contribution < 1.29 is 0 Å². The lowest BCUT2D eigenvalue weighted by Gasteiger charge is -2.12. The van der Waals surface area contributed by atoms with Crippen molar-refractivity contribution in [1.82, 2.24) is 0 Å². The van der Waals surface area contributed by atoms with Gasteiger partial charge in [-0.05, 0) is 48.8 Å². The molecule has 2 atom stereocenters. The topological polar surface area (TPSA) is 0 Å². The second kappa shape index (κ2) is 5.14. The van der Waals surface area contributed by atoms with Crippen LogP contribution >= 0.6 is 0 Å². The molecule has 0 bridgehead atoms. The van der Waals surface area contributed by atoms with Crippen LogP contribution in [0.1, 0.15) is 62.6 Å². The van der Waals surface area contributed by atoms with Gasteiger partial charge in [-0.2, -0.15) is 0 Å². The Hall–Kier alpha value is -1.30. The number of benzene rings is 1. The largest absolute Gasteiger partial charge is 0.0955 e. The molecule has 2 unspecified atom stereocenters. The molecule has 0 radical (unpaired) electrons. The molecule has 0 heterocycles. The number of rotatable bonds is 5. The maximum atomic E-state index is 4.12. The Bertz CT molecular complexity index is 479. The van der Waals surface area contributed by atoms with Gasteiger partial charge in [0.25, 0.3) is 0 Å². The van der Waals surface area contributed by atoms with Gasteiger partial charge in [0.1, 0.15) is 0 Å². The Kier molecular flexibility index (Phi) is 3.75.